The van der Waals surface area contributed by atoms with Gasteiger partial charge >= 0.3 is 0 Å². The molecule has 0 unspecified atom stereocenters. The number of nitrogens with one attached hydrogen (secondary N) is 1. The van der Waals surface area contributed by atoms with Gasteiger partial charge in [-0.1, -0.05) is 12.1 Å². The molecule has 0 atom stereocenters. The van der Waals surface area contributed by atoms with Crippen molar-refractivity contribution >= 4 is 12.1 Å². The number of amides is 1. The van der Waals surface area contributed by atoms with E-state index in [1.165, 1.54) is 0 Å². The highest BCUT2D eigenvalue weighted by molar-refractivity contribution is 5.95. The number of hydrazone groups is 1. The van der Waals surface area contributed by atoms with Crippen molar-refractivity contribution in [3.8, 4) is 5.75 Å². The fraction of sp³-hybridized carbons (Fsp3) is 0.150. The number of hydrogen-bond donors (Lipinski definition) is 1. The van der Waals surface area contributed by atoms with Crippen LogP contribution >= 0.6 is 0 Å². The average molecular weight is 348 g/mol. The van der Waals surface area contributed by atoms with E-state index in [1.807, 2.05) is 61.7 Å². The summed E-state index contributed by atoms with van der Waals surface area (Å²) in [4.78, 5) is 12.3. The predicted octanol–water partition coefficient (Wildman–Crippen LogP) is 3.09. The van der Waals surface area contributed by atoms with E-state index in [0.29, 0.717) is 18.7 Å². The van der Waals surface area contributed by atoms with Gasteiger partial charge in [0.2, 0.25) is 0 Å². The molecule has 1 aromatic heterocycles. The molecule has 0 aliphatic carbocycles. The normalized spacial score (nSPS) is 10.8. The average Bonchev–Trinajstić information content (AvgIpc) is 3.16. The van der Waals surface area contributed by atoms with Gasteiger partial charge in [-0.15, -0.1) is 0 Å². The summed E-state index contributed by atoms with van der Waals surface area (Å²) in [5.41, 5.74) is 4.98. The van der Waals surface area contributed by atoms with Crippen LogP contribution in [0.15, 0.2) is 72.1 Å². The minimum absolute atomic E-state index is 0.255. The maximum atomic E-state index is 12.3. The summed E-state index contributed by atoms with van der Waals surface area (Å²) in [6.07, 6.45) is 5.21. The van der Waals surface area contributed by atoms with Crippen LogP contribution in [0.2, 0.25) is 0 Å². The second-order valence-corrected chi connectivity index (χ2v) is 5.61. The summed E-state index contributed by atoms with van der Waals surface area (Å²) in [6, 6.07) is 16.8. The zero-order valence-corrected chi connectivity index (χ0v) is 14.5. The van der Waals surface area contributed by atoms with Gasteiger partial charge in [0.1, 0.15) is 5.75 Å². The number of rotatable bonds is 7. The Kier molecular flexibility index (Phi) is 5.77. The predicted molar refractivity (Wildman–Crippen MR) is 100 cm³/mol. The molecule has 0 bridgehead atoms. The van der Waals surface area contributed by atoms with E-state index in [0.717, 1.165) is 16.9 Å². The molecule has 1 N–H and O–H groups in total. The Morgan fingerprint density at radius 1 is 1.23 bits per heavy atom. The number of carbonyl (C=O) groups excluding carboxylic acids is 1. The number of ether oxygens (including phenoxy) is 1. The molecule has 0 fully saturated rings. The van der Waals surface area contributed by atoms with Crippen LogP contribution in [0.1, 0.15) is 28.4 Å². The van der Waals surface area contributed by atoms with E-state index in [-0.39, 0.29) is 5.91 Å². The smallest absolute Gasteiger partial charge is 0.271 e. The van der Waals surface area contributed by atoms with Crippen LogP contribution in [0.25, 0.3) is 0 Å². The fourth-order valence-electron chi connectivity index (χ4n) is 2.44. The highest BCUT2D eigenvalue weighted by Gasteiger charge is 2.05. The van der Waals surface area contributed by atoms with Gasteiger partial charge in [-0.25, -0.2) is 5.43 Å². The highest BCUT2D eigenvalue weighted by Crippen LogP contribution is 2.11. The standard InChI is InChI=1S/C20H20N4O2/c1-2-26-19-9-7-16(8-10-19)14-21-23-20(25)18-6-3-5-17(13-18)15-24-12-4-11-22-24/h3-14H,2,15H2,1H3,(H,23,25). The number of nitrogens with zero attached hydrogens (tertiary/aromatic N) is 3. The lowest BCUT2D eigenvalue weighted by molar-refractivity contribution is 0.0955. The number of benzene rings is 2. The maximum absolute atomic E-state index is 12.3. The molecule has 0 saturated heterocycles. The Labute approximate surface area is 152 Å². The van der Waals surface area contributed by atoms with Crippen molar-refractivity contribution in [3.05, 3.63) is 83.7 Å². The molecule has 1 heterocycles. The van der Waals surface area contributed by atoms with E-state index in [4.69, 9.17) is 4.74 Å². The van der Waals surface area contributed by atoms with Crippen molar-refractivity contribution in [2.75, 3.05) is 6.61 Å². The molecule has 6 heteroatoms. The Balaban J connectivity index is 1.59. The molecule has 1 amide bonds. The molecule has 132 valence electrons. The molecule has 0 spiro atoms. The molecule has 2 aromatic carbocycles. The zero-order chi connectivity index (χ0) is 18.2. The first-order valence-corrected chi connectivity index (χ1v) is 8.37. The lowest BCUT2D eigenvalue weighted by Gasteiger charge is -2.05. The molecule has 0 aliphatic heterocycles. The van der Waals surface area contributed by atoms with Crippen molar-refractivity contribution in [2.24, 2.45) is 5.10 Å². The van der Waals surface area contributed by atoms with E-state index in [9.17, 15) is 4.79 Å². The minimum atomic E-state index is -0.255. The van der Waals surface area contributed by atoms with E-state index in [1.54, 1.807) is 23.2 Å². The summed E-state index contributed by atoms with van der Waals surface area (Å²) in [6.45, 7) is 3.18. The minimum Gasteiger partial charge on any atom is -0.494 e. The summed E-state index contributed by atoms with van der Waals surface area (Å²) >= 11 is 0. The molecule has 26 heavy (non-hydrogen) atoms. The molecule has 6 nitrogen and oxygen atoms in total. The first-order chi connectivity index (χ1) is 12.7. The van der Waals surface area contributed by atoms with Crippen molar-refractivity contribution in [2.45, 2.75) is 13.5 Å². The molecule has 0 aliphatic rings. The van der Waals surface area contributed by atoms with Gasteiger partial charge in [0.05, 0.1) is 19.4 Å². The monoisotopic (exact) mass is 348 g/mol. The van der Waals surface area contributed by atoms with Gasteiger partial charge in [-0.05, 0) is 60.5 Å². The van der Waals surface area contributed by atoms with Gasteiger partial charge < -0.3 is 4.74 Å². The van der Waals surface area contributed by atoms with E-state index in [2.05, 4.69) is 15.6 Å². The van der Waals surface area contributed by atoms with E-state index >= 15 is 0 Å². The van der Waals surface area contributed by atoms with Crippen LogP contribution in [0.3, 0.4) is 0 Å². The Hall–Kier alpha value is -3.41. The van der Waals surface area contributed by atoms with Crippen LogP contribution in [0.5, 0.6) is 5.75 Å². The third-order valence-corrected chi connectivity index (χ3v) is 3.66. The van der Waals surface area contributed by atoms with Crippen molar-refractivity contribution in [1.82, 2.24) is 15.2 Å². The number of carbonyl (C=O) groups is 1. The van der Waals surface area contributed by atoms with Crippen molar-refractivity contribution in [1.29, 1.82) is 0 Å². The lowest BCUT2D eigenvalue weighted by atomic mass is 10.1. The second-order valence-electron chi connectivity index (χ2n) is 5.61. The zero-order valence-electron chi connectivity index (χ0n) is 14.5. The number of aromatic nitrogens is 2. The van der Waals surface area contributed by atoms with Crippen LogP contribution in [0, 0.1) is 0 Å². The van der Waals surface area contributed by atoms with Gasteiger partial charge in [0.25, 0.3) is 5.91 Å². The quantitative estimate of drug-likeness (QED) is 0.527. The van der Waals surface area contributed by atoms with Gasteiger partial charge in [-0.2, -0.15) is 10.2 Å². The SMILES string of the molecule is CCOc1ccc(C=NNC(=O)c2cccc(Cn3cccn3)c2)cc1. The lowest BCUT2D eigenvalue weighted by Crippen LogP contribution is -2.18. The van der Waals surface area contributed by atoms with Gasteiger partial charge in [0, 0.05) is 18.0 Å². The van der Waals surface area contributed by atoms with E-state index < -0.39 is 0 Å². The van der Waals surface area contributed by atoms with Crippen LogP contribution in [-0.2, 0) is 6.54 Å². The molecular weight excluding hydrogens is 328 g/mol. The third kappa shape index (κ3) is 4.80. The van der Waals surface area contributed by atoms with Crippen molar-refractivity contribution in [3.63, 3.8) is 0 Å². The van der Waals surface area contributed by atoms with Crippen molar-refractivity contribution < 1.29 is 9.53 Å². The molecule has 0 saturated carbocycles. The first kappa shape index (κ1) is 17.4. The van der Waals surface area contributed by atoms with Crippen LogP contribution in [-0.4, -0.2) is 28.5 Å². The van der Waals surface area contributed by atoms with Gasteiger partial charge in [0.15, 0.2) is 0 Å². The fourth-order valence-corrected chi connectivity index (χ4v) is 2.44. The summed E-state index contributed by atoms with van der Waals surface area (Å²) in [7, 11) is 0. The second kappa shape index (κ2) is 8.62. The number of hydrogen-bond acceptors (Lipinski definition) is 4. The third-order valence-electron chi connectivity index (χ3n) is 3.66. The molecule has 3 rings (SSSR count). The Morgan fingerprint density at radius 3 is 2.81 bits per heavy atom. The molecule has 3 aromatic rings. The maximum Gasteiger partial charge on any atom is 0.271 e. The topological polar surface area (TPSA) is 68.5 Å². The summed E-state index contributed by atoms with van der Waals surface area (Å²) in [5.74, 6) is 0.553. The largest absolute Gasteiger partial charge is 0.494 e. The van der Waals surface area contributed by atoms with Crippen LogP contribution < -0.4 is 10.2 Å². The Morgan fingerprint density at radius 2 is 2.08 bits per heavy atom. The highest BCUT2D eigenvalue weighted by atomic mass is 16.5. The van der Waals surface area contributed by atoms with Gasteiger partial charge in [-0.3, -0.25) is 9.48 Å². The summed E-state index contributed by atoms with van der Waals surface area (Å²) in [5, 5.41) is 8.19. The Bertz CT molecular complexity index is 871. The summed E-state index contributed by atoms with van der Waals surface area (Å²) < 4.78 is 7.20. The molecule has 0 radical (unpaired) electrons. The molecular formula is C20H20N4O2. The van der Waals surface area contributed by atoms with Crippen LogP contribution in [0.4, 0.5) is 0 Å². The first-order valence-electron chi connectivity index (χ1n) is 8.37.